The summed E-state index contributed by atoms with van der Waals surface area (Å²) in [6, 6.07) is 21.7. The second-order valence-corrected chi connectivity index (χ2v) is 12.1. The molecule has 3 aromatic carbocycles. The summed E-state index contributed by atoms with van der Waals surface area (Å²) < 4.78 is 34.1. The van der Waals surface area contributed by atoms with E-state index < -0.39 is 22.5 Å². The van der Waals surface area contributed by atoms with Gasteiger partial charge in [-0.05, 0) is 79.1 Å². The average Bonchev–Trinajstić information content (AvgIpc) is 2.97. The first-order chi connectivity index (χ1) is 19.3. The summed E-state index contributed by atoms with van der Waals surface area (Å²) in [5.41, 5.74) is 3.41. The monoisotopic (exact) mass is 626 g/mol. The maximum absolute atomic E-state index is 13.3. The van der Waals surface area contributed by atoms with Crippen molar-refractivity contribution in [2.45, 2.75) is 43.0 Å². The minimum absolute atomic E-state index is 0.0548. The highest BCUT2D eigenvalue weighted by molar-refractivity contribution is 9.10. The van der Waals surface area contributed by atoms with Crippen LogP contribution in [0.25, 0.3) is 0 Å². The van der Waals surface area contributed by atoms with Gasteiger partial charge in [-0.3, -0.25) is 13.9 Å². The van der Waals surface area contributed by atoms with Gasteiger partial charge in [-0.15, -0.1) is 0 Å². The SMILES string of the molecule is O=C(CN(c1ccc(Br)cc1)S(=O)(=O)c1ccccc1)N/N=C\c1ccc(OCC(=O)NC2CCCCC2)cc1. The smallest absolute Gasteiger partial charge is 0.264 e. The molecule has 3 aromatic rings. The van der Waals surface area contributed by atoms with Crippen molar-refractivity contribution in [3.63, 3.8) is 0 Å². The van der Waals surface area contributed by atoms with E-state index >= 15 is 0 Å². The molecule has 9 nitrogen and oxygen atoms in total. The third-order valence-electron chi connectivity index (χ3n) is 6.36. The van der Waals surface area contributed by atoms with E-state index in [9.17, 15) is 18.0 Å². The molecule has 0 unspecified atom stereocenters. The van der Waals surface area contributed by atoms with Crippen molar-refractivity contribution in [1.82, 2.24) is 10.7 Å². The van der Waals surface area contributed by atoms with Crippen LogP contribution in [0.5, 0.6) is 5.75 Å². The number of carbonyl (C=O) groups is 2. The number of sulfonamides is 1. The molecule has 1 saturated carbocycles. The second-order valence-electron chi connectivity index (χ2n) is 9.35. The molecule has 1 fully saturated rings. The lowest BCUT2D eigenvalue weighted by Crippen LogP contribution is -2.39. The van der Waals surface area contributed by atoms with Crippen LogP contribution >= 0.6 is 15.9 Å². The van der Waals surface area contributed by atoms with E-state index in [0.29, 0.717) is 17.0 Å². The molecular formula is C29H31BrN4O5S. The zero-order valence-corrected chi connectivity index (χ0v) is 24.2. The number of ether oxygens (including phenoxy) is 1. The van der Waals surface area contributed by atoms with Gasteiger partial charge < -0.3 is 10.1 Å². The van der Waals surface area contributed by atoms with Crippen LogP contribution in [0.2, 0.25) is 0 Å². The number of hydrogen-bond acceptors (Lipinski definition) is 6. The van der Waals surface area contributed by atoms with Crippen molar-refractivity contribution < 1.29 is 22.7 Å². The Morgan fingerprint density at radius 3 is 2.27 bits per heavy atom. The normalized spacial score (nSPS) is 14.0. The van der Waals surface area contributed by atoms with Gasteiger partial charge in [0.2, 0.25) is 0 Å². The standard InChI is InChI=1S/C29H31BrN4O5S/c30-23-13-15-25(16-14-23)34(40(37,38)27-9-5-2-6-10-27)20-28(35)33-31-19-22-11-17-26(18-12-22)39-21-29(36)32-24-7-3-1-4-8-24/h2,5-6,9-19,24H,1,3-4,7-8,20-21H2,(H,32,36)(H,33,35)/b31-19-. The van der Waals surface area contributed by atoms with Gasteiger partial charge in [-0.2, -0.15) is 5.10 Å². The van der Waals surface area contributed by atoms with E-state index in [4.69, 9.17) is 4.74 Å². The van der Waals surface area contributed by atoms with Crippen molar-refractivity contribution >= 4 is 49.7 Å². The molecule has 0 spiro atoms. The van der Waals surface area contributed by atoms with Crippen molar-refractivity contribution in [1.29, 1.82) is 0 Å². The van der Waals surface area contributed by atoms with E-state index in [-0.39, 0.29) is 23.5 Å². The van der Waals surface area contributed by atoms with Gasteiger partial charge in [-0.1, -0.05) is 53.4 Å². The molecule has 2 amide bonds. The lowest BCUT2D eigenvalue weighted by Gasteiger charge is -2.23. The molecule has 4 rings (SSSR count). The second kappa shape index (κ2) is 14.1. The number of hydrazone groups is 1. The van der Waals surface area contributed by atoms with Crippen LogP contribution in [-0.2, 0) is 19.6 Å². The molecule has 0 atom stereocenters. The minimum Gasteiger partial charge on any atom is -0.484 e. The Morgan fingerprint density at radius 1 is 0.925 bits per heavy atom. The van der Waals surface area contributed by atoms with Crippen LogP contribution in [0.4, 0.5) is 5.69 Å². The molecule has 0 heterocycles. The molecule has 0 aromatic heterocycles. The number of nitrogens with zero attached hydrogens (tertiary/aromatic N) is 2. The van der Waals surface area contributed by atoms with Gasteiger partial charge in [-0.25, -0.2) is 13.8 Å². The Kier molecular flexibility index (Phi) is 10.3. The first-order valence-corrected chi connectivity index (χ1v) is 15.2. The van der Waals surface area contributed by atoms with Gasteiger partial charge in [0.05, 0.1) is 16.8 Å². The van der Waals surface area contributed by atoms with Crippen LogP contribution in [0.3, 0.4) is 0 Å². The lowest BCUT2D eigenvalue weighted by atomic mass is 9.95. The molecule has 0 radical (unpaired) electrons. The fourth-order valence-electron chi connectivity index (χ4n) is 4.30. The molecular weight excluding hydrogens is 596 g/mol. The Hall–Kier alpha value is -3.70. The molecule has 0 bridgehead atoms. The zero-order chi connectivity index (χ0) is 28.4. The highest BCUT2D eigenvalue weighted by atomic mass is 79.9. The highest BCUT2D eigenvalue weighted by Gasteiger charge is 2.27. The minimum atomic E-state index is -4.00. The summed E-state index contributed by atoms with van der Waals surface area (Å²) >= 11 is 3.34. The van der Waals surface area contributed by atoms with Crippen LogP contribution in [0, 0.1) is 0 Å². The Bertz CT molecular complexity index is 1410. The van der Waals surface area contributed by atoms with E-state index in [2.05, 4.69) is 31.8 Å². The fourth-order valence-corrected chi connectivity index (χ4v) is 6.01. The number of anilines is 1. The predicted octanol–water partition coefficient (Wildman–Crippen LogP) is 4.62. The van der Waals surface area contributed by atoms with E-state index in [1.165, 1.54) is 24.8 Å². The topological polar surface area (TPSA) is 117 Å². The van der Waals surface area contributed by atoms with Crippen LogP contribution in [0.15, 0.2) is 93.3 Å². The molecule has 2 N–H and O–H groups in total. The molecule has 0 saturated heterocycles. The number of rotatable bonds is 11. The van der Waals surface area contributed by atoms with Crippen LogP contribution in [-0.4, -0.2) is 45.6 Å². The predicted molar refractivity (Wildman–Crippen MR) is 158 cm³/mol. The number of halogens is 1. The molecule has 210 valence electrons. The largest absolute Gasteiger partial charge is 0.484 e. The van der Waals surface area contributed by atoms with Gasteiger partial charge in [0, 0.05) is 10.5 Å². The number of amides is 2. The third kappa shape index (κ3) is 8.40. The molecule has 11 heteroatoms. The van der Waals surface area contributed by atoms with Gasteiger partial charge in [0.1, 0.15) is 12.3 Å². The maximum Gasteiger partial charge on any atom is 0.264 e. The average molecular weight is 628 g/mol. The van der Waals surface area contributed by atoms with Gasteiger partial charge >= 0.3 is 0 Å². The first kappa shape index (κ1) is 29.3. The summed E-state index contributed by atoms with van der Waals surface area (Å²) in [6.45, 7) is -0.521. The van der Waals surface area contributed by atoms with E-state index in [1.807, 2.05) is 0 Å². The molecule has 40 heavy (non-hydrogen) atoms. The van der Waals surface area contributed by atoms with Gasteiger partial charge in [0.15, 0.2) is 6.61 Å². The fraction of sp³-hybridized carbons (Fsp3) is 0.276. The number of benzene rings is 3. The highest BCUT2D eigenvalue weighted by Crippen LogP contribution is 2.25. The molecule has 1 aliphatic rings. The Labute approximate surface area is 242 Å². The number of nitrogens with one attached hydrogen (secondary N) is 2. The summed E-state index contributed by atoms with van der Waals surface area (Å²) in [7, 11) is -4.00. The van der Waals surface area contributed by atoms with Crippen molar-refractivity contribution in [3.05, 3.63) is 88.9 Å². The summed E-state index contributed by atoms with van der Waals surface area (Å²) in [4.78, 5) is 24.9. The number of carbonyl (C=O) groups excluding carboxylic acids is 2. The van der Waals surface area contributed by atoms with Crippen molar-refractivity contribution in [3.8, 4) is 5.75 Å². The maximum atomic E-state index is 13.3. The Balaban J connectivity index is 1.32. The number of hydrogen-bond donors (Lipinski definition) is 2. The third-order valence-corrected chi connectivity index (χ3v) is 8.67. The molecule has 1 aliphatic carbocycles. The quantitative estimate of drug-likeness (QED) is 0.238. The van der Waals surface area contributed by atoms with E-state index in [1.54, 1.807) is 66.7 Å². The summed E-state index contributed by atoms with van der Waals surface area (Å²) in [5, 5.41) is 6.98. The van der Waals surface area contributed by atoms with Crippen LogP contribution < -0.4 is 19.8 Å². The molecule has 0 aliphatic heterocycles. The van der Waals surface area contributed by atoms with Crippen LogP contribution in [0.1, 0.15) is 37.7 Å². The Morgan fingerprint density at radius 2 is 1.60 bits per heavy atom. The summed E-state index contributed by atoms with van der Waals surface area (Å²) in [6.07, 6.45) is 6.98. The van der Waals surface area contributed by atoms with E-state index in [0.717, 1.165) is 34.5 Å². The van der Waals surface area contributed by atoms with Crippen molar-refractivity contribution in [2.24, 2.45) is 5.10 Å². The lowest BCUT2D eigenvalue weighted by molar-refractivity contribution is -0.124. The zero-order valence-electron chi connectivity index (χ0n) is 21.8. The van der Waals surface area contributed by atoms with Gasteiger partial charge in [0.25, 0.3) is 21.8 Å². The van der Waals surface area contributed by atoms with Crippen molar-refractivity contribution in [2.75, 3.05) is 17.5 Å². The first-order valence-electron chi connectivity index (χ1n) is 13.0. The summed E-state index contributed by atoms with van der Waals surface area (Å²) in [5.74, 6) is -0.203.